The fourth-order valence-electron chi connectivity index (χ4n) is 1.67. The molecule has 3 nitrogen and oxygen atoms in total. The summed E-state index contributed by atoms with van der Waals surface area (Å²) in [5.74, 6) is -1.05. The van der Waals surface area contributed by atoms with Gasteiger partial charge >= 0.3 is 0 Å². The van der Waals surface area contributed by atoms with Gasteiger partial charge in [-0.25, -0.2) is 4.39 Å². The van der Waals surface area contributed by atoms with Crippen molar-refractivity contribution < 1.29 is 9.18 Å². The highest BCUT2D eigenvalue weighted by atomic mass is 32.1. The molecule has 1 unspecified atom stereocenters. The van der Waals surface area contributed by atoms with Crippen molar-refractivity contribution in [2.45, 2.75) is 17.9 Å². The lowest BCUT2D eigenvalue weighted by Gasteiger charge is -2.13. The van der Waals surface area contributed by atoms with Crippen LogP contribution in [0, 0.1) is 5.82 Å². The molecule has 0 saturated heterocycles. The van der Waals surface area contributed by atoms with Crippen LogP contribution in [0.3, 0.4) is 0 Å². The Morgan fingerprint density at radius 3 is 2.84 bits per heavy atom. The number of aromatic nitrogens is 1. The lowest BCUT2D eigenvalue weighted by atomic mass is 10.1. The summed E-state index contributed by atoms with van der Waals surface area (Å²) in [6.45, 7) is 1.79. The van der Waals surface area contributed by atoms with E-state index in [1.165, 1.54) is 18.2 Å². The first-order chi connectivity index (χ1) is 9.08. The Morgan fingerprint density at radius 2 is 2.16 bits per heavy atom. The van der Waals surface area contributed by atoms with Crippen molar-refractivity contribution in [2.75, 3.05) is 0 Å². The maximum Gasteiger partial charge on any atom is 0.254 e. The largest absolute Gasteiger partial charge is 0.344 e. The summed E-state index contributed by atoms with van der Waals surface area (Å²) in [6.07, 6.45) is 1.65. The second-order valence-electron chi connectivity index (χ2n) is 4.11. The molecule has 1 N–H and O–H groups in total. The highest BCUT2D eigenvalue weighted by Gasteiger charge is 2.15. The number of pyridine rings is 1. The van der Waals surface area contributed by atoms with Crippen LogP contribution >= 0.6 is 12.6 Å². The minimum atomic E-state index is -0.566. The molecule has 5 heteroatoms. The van der Waals surface area contributed by atoms with E-state index in [-0.39, 0.29) is 11.6 Å². The molecule has 0 radical (unpaired) electrons. The van der Waals surface area contributed by atoms with Gasteiger partial charge in [0.25, 0.3) is 5.91 Å². The van der Waals surface area contributed by atoms with Gasteiger partial charge < -0.3 is 5.32 Å². The van der Waals surface area contributed by atoms with Gasteiger partial charge in [0.2, 0.25) is 0 Å². The van der Waals surface area contributed by atoms with Gasteiger partial charge in [0.15, 0.2) is 0 Å². The first-order valence-corrected chi connectivity index (χ1v) is 6.23. The molecule has 2 aromatic rings. The highest BCUT2D eigenvalue weighted by molar-refractivity contribution is 7.80. The molecular weight excluding hydrogens is 263 g/mol. The Bertz CT molecular complexity index is 589. The molecule has 0 aliphatic heterocycles. The van der Waals surface area contributed by atoms with E-state index in [0.29, 0.717) is 4.90 Å². The third-order valence-corrected chi connectivity index (χ3v) is 2.95. The lowest BCUT2D eigenvalue weighted by molar-refractivity contribution is 0.0935. The number of hydrogen-bond donors (Lipinski definition) is 2. The molecule has 0 bridgehead atoms. The van der Waals surface area contributed by atoms with E-state index in [1.54, 1.807) is 25.3 Å². The van der Waals surface area contributed by atoms with Crippen LogP contribution in [0.5, 0.6) is 0 Å². The minimum Gasteiger partial charge on any atom is -0.344 e. The fraction of sp³-hybridized carbons (Fsp3) is 0.143. The number of thiol groups is 1. The predicted octanol–water partition coefficient (Wildman–Crippen LogP) is 3.00. The average molecular weight is 276 g/mol. The summed E-state index contributed by atoms with van der Waals surface area (Å²) >= 11 is 4.10. The molecule has 0 spiro atoms. The first-order valence-electron chi connectivity index (χ1n) is 5.78. The van der Waals surface area contributed by atoms with Gasteiger partial charge in [-0.1, -0.05) is 6.07 Å². The van der Waals surface area contributed by atoms with Gasteiger partial charge in [0.05, 0.1) is 17.3 Å². The monoisotopic (exact) mass is 276 g/mol. The molecule has 1 atom stereocenters. The zero-order valence-corrected chi connectivity index (χ0v) is 11.2. The van der Waals surface area contributed by atoms with E-state index in [1.807, 2.05) is 6.07 Å². The van der Waals surface area contributed by atoms with E-state index < -0.39 is 11.7 Å². The number of carbonyl (C=O) groups is 1. The average Bonchev–Trinajstić information content (AvgIpc) is 2.42. The van der Waals surface area contributed by atoms with Crippen molar-refractivity contribution >= 4 is 18.5 Å². The molecule has 1 heterocycles. The number of halogens is 1. The van der Waals surface area contributed by atoms with E-state index in [0.717, 1.165) is 5.69 Å². The first kappa shape index (κ1) is 13.5. The Labute approximate surface area is 116 Å². The van der Waals surface area contributed by atoms with Crippen molar-refractivity contribution in [2.24, 2.45) is 0 Å². The second kappa shape index (κ2) is 5.84. The van der Waals surface area contributed by atoms with Gasteiger partial charge in [0, 0.05) is 11.1 Å². The van der Waals surface area contributed by atoms with E-state index >= 15 is 0 Å². The lowest BCUT2D eigenvalue weighted by Crippen LogP contribution is -2.28. The van der Waals surface area contributed by atoms with Crippen LogP contribution in [-0.4, -0.2) is 10.9 Å². The number of amides is 1. The molecule has 0 saturated carbocycles. The fourth-order valence-corrected chi connectivity index (χ4v) is 1.87. The molecule has 19 heavy (non-hydrogen) atoms. The molecule has 0 aliphatic rings. The summed E-state index contributed by atoms with van der Waals surface area (Å²) in [5.41, 5.74) is 0.702. The molecule has 0 fully saturated rings. The van der Waals surface area contributed by atoms with Gasteiger partial charge in [-0.3, -0.25) is 9.78 Å². The van der Waals surface area contributed by atoms with Gasteiger partial charge in [-0.15, -0.1) is 12.6 Å². The van der Waals surface area contributed by atoms with E-state index in [2.05, 4.69) is 22.9 Å². The van der Waals surface area contributed by atoms with Crippen molar-refractivity contribution in [3.8, 4) is 0 Å². The summed E-state index contributed by atoms with van der Waals surface area (Å²) in [7, 11) is 0. The number of benzene rings is 1. The SMILES string of the molecule is CC(NC(=O)c1cc(S)ccc1F)c1ccccn1. The van der Waals surface area contributed by atoms with Crippen LogP contribution in [0.1, 0.15) is 29.0 Å². The highest BCUT2D eigenvalue weighted by Crippen LogP contribution is 2.15. The molecule has 1 aromatic carbocycles. The number of rotatable bonds is 3. The van der Waals surface area contributed by atoms with Crippen LogP contribution < -0.4 is 5.32 Å². The van der Waals surface area contributed by atoms with Gasteiger partial charge in [-0.05, 0) is 37.3 Å². The molecule has 1 amide bonds. The number of hydrogen-bond acceptors (Lipinski definition) is 3. The van der Waals surface area contributed by atoms with Crippen molar-refractivity contribution in [1.29, 1.82) is 0 Å². The van der Waals surface area contributed by atoms with Gasteiger partial charge in [-0.2, -0.15) is 0 Å². The minimum absolute atomic E-state index is 0.0183. The van der Waals surface area contributed by atoms with Gasteiger partial charge in [0.1, 0.15) is 5.82 Å². The Morgan fingerprint density at radius 1 is 1.37 bits per heavy atom. The van der Waals surface area contributed by atoms with Crippen molar-refractivity contribution in [3.63, 3.8) is 0 Å². The topological polar surface area (TPSA) is 42.0 Å². The van der Waals surface area contributed by atoms with E-state index in [9.17, 15) is 9.18 Å². The molecule has 0 aliphatic carbocycles. The summed E-state index contributed by atoms with van der Waals surface area (Å²) in [4.78, 5) is 16.7. The third kappa shape index (κ3) is 3.32. The Hall–Kier alpha value is -1.88. The van der Waals surface area contributed by atoms with Crippen LogP contribution in [0.2, 0.25) is 0 Å². The number of carbonyl (C=O) groups excluding carboxylic acids is 1. The zero-order chi connectivity index (χ0) is 13.8. The van der Waals surface area contributed by atoms with Crippen LogP contribution in [0.15, 0.2) is 47.5 Å². The second-order valence-corrected chi connectivity index (χ2v) is 4.63. The quantitative estimate of drug-likeness (QED) is 0.846. The van der Waals surface area contributed by atoms with Crippen molar-refractivity contribution in [3.05, 3.63) is 59.7 Å². The summed E-state index contributed by atoms with van der Waals surface area (Å²) < 4.78 is 13.6. The molecule has 2 rings (SSSR count). The molecular formula is C14H13FN2OS. The Balaban J connectivity index is 2.15. The van der Waals surface area contributed by atoms with Crippen molar-refractivity contribution in [1.82, 2.24) is 10.3 Å². The van der Waals surface area contributed by atoms with Crippen LogP contribution in [0.25, 0.3) is 0 Å². The van der Waals surface area contributed by atoms with E-state index in [4.69, 9.17) is 0 Å². The van der Waals surface area contributed by atoms with Crippen LogP contribution in [-0.2, 0) is 0 Å². The molecule has 1 aromatic heterocycles. The number of nitrogens with one attached hydrogen (secondary N) is 1. The normalized spacial score (nSPS) is 11.9. The number of nitrogens with zero attached hydrogens (tertiary/aromatic N) is 1. The maximum absolute atomic E-state index is 13.6. The maximum atomic E-state index is 13.6. The van der Waals surface area contributed by atoms with Crippen LogP contribution in [0.4, 0.5) is 4.39 Å². The predicted molar refractivity (Wildman–Crippen MR) is 73.8 cm³/mol. The standard InChI is InChI=1S/C14H13FN2OS/c1-9(13-4-2-3-7-16-13)17-14(18)11-8-10(19)5-6-12(11)15/h2-9,19H,1H3,(H,17,18). The third-order valence-electron chi connectivity index (χ3n) is 2.67. The summed E-state index contributed by atoms with van der Waals surface area (Å²) in [5, 5.41) is 2.71. The summed E-state index contributed by atoms with van der Waals surface area (Å²) in [6, 6.07) is 9.26. The smallest absolute Gasteiger partial charge is 0.254 e. The Kier molecular flexibility index (Phi) is 4.16. The molecule has 98 valence electrons. The zero-order valence-electron chi connectivity index (χ0n) is 10.3.